The molecule has 1 atom stereocenters. The van der Waals surface area contributed by atoms with Crippen molar-refractivity contribution < 1.29 is 4.42 Å². The molecule has 1 fully saturated rings. The van der Waals surface area contributed by atoms with Crippen LogP contribution in [-0.4, -0.2) is 18.9 Å². The molecule has 0 spiro atoms. The van der Waals surface area contributed by atoms with Gasteiger partial charge in [0, 0.05) is 22.2 Å². The van der Waals surface area contributed by atoms with Gasteiger partial charge in [0.2, 0.25) is 0 Å². The highest BCUT2D eigenvalue weighted by Crippen LogP contribution is 2.36. The largest absolute Gasteiger partial charge is 0.462 e. The number of nitrogens with one attached hydrogen (secondary N) is 1. The number of hydrogen-bond donors (Lipinski definition) is 1. The van der Waals surface area contributed by atoms with Crippen LogP contribution in [0.2, 0.25) is 5.82 Å². The number of fused-ring (bicyclic) bond motifs is 1. The molecule has 0 amide bonds. The van der Waals surface area contributed by atoms with Crippen molar-refractivity contribution in [3.8, 4) is 0 Å². The van der Waals surface area contributed by atoms with E-state index in [-0.39, 0.29) is 11.0 Å². The van der Waals surface area contributed by atoms with Crippen molar-refractivity contribution in [3.05, 3.63) is 22.5 Å². The van der Waals surface area contributed by atoms with Gasteiger partial charge in [0.15, 0.2) is 7.28 Å². The van der Waals surface area contributed by atoms with Crippen LogP contribution in [0.4, 0.5) is 0 Å². The first-order valence-corrected chi connectivity index (χ1v) is 9.20. The van der Waals surface area contributed by atoms with Crippen molar-refractivity contribution in [1.82, 2.24) is 5.32 Å². The summed E-state index contributed by atoms with van der Waals surface area (Å²) in [6, 6.07) is 2.98. The van der Waals surface area contributed by atoms with Crippen LogP contribution in [-0.2, 0) is 5.41 Å². The minimum atomic E-state index is 0.0916. The molecule has 0 aromatic carbocycles. The predicted octanol–water partition coefficient (Wildman–Crippen LogP) is 2.89. The second-order valence-corrected chi connectivity index (χ2v) is 9.71. The molecule has 1 unspecified atom stereocenters. The fourth-order valence-electron chi connectivity index (χ4n) is 3.91. The molecule has 1 aromatic heterocycles. The smallest absolute Gasteiger partial charge is 0.160 e. The molecule has 126 valence electrons. The van der Waals surface area contributed by atoms with E-state index in [2.05, 4.69) is 65.0 Å². The van der Waals surface area contributed by atoms with Gasteiger partial charge in [0.1, 0.15) is 11.2 Å². The number of hydrogen-bond acceptors (Lipinski definition) is 2. The monoisotopic (exact) mass is 313 g/mol. The molecule has 2 aliphatic rings. The molecular formula is C20H32BNO. The fraction of sp³-hybridized carbons (Fsp3) is 0.700. The van der Waals surface area contributed by atoms with Crippen LogP contribution in [0.3, 0.4) is 0 Å². The van der Waals surface area contributed by atoms with Crippen molar-refractivity contribution in [2.24, 2.45) is 5.92 Å². The topological polar surface area (TPSA) is 25.2 Å². The van der Waals surface area contributed by atoms with Crippen molar-refractivity contribution >= 4 is 19.3 Å². The molecule has 3 heteroatoms. The van der Waals surface area contributed by atoms with Gasteiger partial charge >= 0.3 is 0 Å². The van der Waals surface area contributed by atoms with Crippen LogP contribution >= 0.6 is 0 Å². The summed E-state index contributed by atoms with van der Waals surface area (Å²) < 4.78 is 6.04. The molecule has 1 N–H and O–H groups in total. The van der Waals surface area contributed by atoms with Crippen molar-refractivity contribution in [1.29, 1.82) is 0 Å². The number of rotatable bonds is 3. The summed E-state index contributed by atoms with van der Waals surface area (Å²) in [5.74, 6) is 4.99. The molecular weight excluding hydrogens is 281 g/mol. The van der Waals surface area contributed by atoms with Gasteiger partial charge < -0.3 is 9.73 Å². The predicted molar refractivity (Wildman–Crippen MR) is 101 cm³/mol. The zero-order chi connectivity index (χ0) is 16.8. The van der Waals surface area contributed by atoms with Gasteiger partial charge in [0.25, 0.3) is 0 Å². The molecule has 3 rings (SSSR count). The molecule has 1 aromatic rings. The summed E-state index contributed by atoms with van der Waals surface area (Å²) >= 11 is 0. The Morgan fingerprint density at radius 3 is 2.48 bits per heavy atom. The third-order valence-electron chi connectivity index (χ3n) is 5.06. The summed E-state index contributed by atoms with van der Waals surface area (Å²) in [7, 11) is 1.14. The summed E-state index contributed by atoms with van der Waals surface area (Å²) in [4.78, 5) is 0. The van der Waals surface area contributed by atoms with Crippen LogP contribution in [0.15, 0.2) is 10.5 Å². The van der Waals surface area contributed by atoms with E-state index in [0.717, 1.165) is 30.4 Å². The lowest BCUT2D eigenvalue weighted by Gasteiger charge is -2.41. The van der Waals surface area contributed by atoms with E-state index in [0.29, 0.717) is 5.82 Å². The Morgan fingerprint density at radius 1 is 1.17 bits per heavy atom. The Hall–Kier alpha value is -0.955. The lowest BCUT2D eigenvalue weighted by molar-refractivity contribution is 0.178. The van der Waals surface area contributed by atoms with E-state index in [4.69, 9.17) is 4.42 Å². The first-order chi connectivity index (χ1) is 10.6. The van der Waals surface area contributed by atoms with Crippen LogP contribution in [0, 0.1) is 5.92 Å². The average molecular weight is 313 g/mol. The Morgan fingerprint density at radius 2 is 1.87 bits per heavy atom. The average Bonchev–Trinajstić information content (AvgIpc) is 2.77. The Kier molecular flexibility index (Phi) is 4.29. The lowest BCUT2D eigenvalue weighted by Crippen LogP contribution is -2.50. The SMILES string of the molecule is CC(C)(C)N[C@H]1C[C@@H](CC2BC=c3oc(C(C)(C)C)cc3=C2)C1. The van der Waals surface area contributed by atoms with Gasteiger partial charge in [-0.05, 0) is 51.4 Å². The quantitative estimate of drug-likeness (QED) is 0.868. The van der Waals surface area contributed by atoms with Gasteiger partial charge in [-0.1, -0.05) is 39.2 Å². The fourth-order valence-corrected chi connectivity index (χ4v) is 3.91. The van der Waals surface area contributed by atoms with E-state index in [1.165, 1.54) is 24.5 Å². The maximum absolute atomic E-state index is 6.04. The third kappa shape index (κ3) is 4.12. The minimum absolute atomic E-state index is 0.0916. The molecule has 1 saturated carbocycles. The zero-order valence-electron chi connectivity index (χ0n) is 15.7. The van der Waals surface area contributed by atoms with Crippen molar-refractivity contribution in [2.75, 3.05) is 0 Å². The maximum atomic E-state index is 6.04. The van der Waals surface area contributed by atoms with Crippen LogP contribution < -0.4 is 16.0 Å². The highest BCUT2D eigenvalue weighted by atomic mass is 16.3. The Balaban J connectivity index is 1.59. The molecule has 1 aliphatic carbocycles. The van der Waals surface area contributed by atoms with Crippen LogP contribution in [0.1, 0.15) is 66.6 Å². The number of furan rings is 1. The van der Waals surface area contributed by atoms with E-state index in [9.17, 15) is 0 Å². The van der Waals surface area contributed by atoms with Crippen molar-refractivity contribution in [3.63, 3.8) is 0 Å². The summed E-state index contributed by atoms with van der Waals surface area (Å²) in [6.07, 6.45) is 6.47. The molecule has 2 nitrogen and oxygen atoms in total. The van der Waals surface area contributed by atoms with Gasteiger partial charge in [0.05, 0.1) is 0 Å². The second kappa shape index (κ2) is 5.84. The summed E-state index contributed by atoms with van der Waals surface area (Å²) in [6.45, 7) is 13.4. The van der Waals surface area contributed by atoms with E-state index < -0.39 is 0 Å². The van der Waals surface area contributed by atoms with E-state index in [1.807, 2.05) is 0 Å². The van der Waals surface area contributed by atoms with E-state index >= 15 is 0 Å². The summed E-state index contributed by atoms with van der Waals surface area (Å²) in [5, 5.41) is 5.04. The van der Waals surface area contributed by atoms with Crippen LogP contribution in [0.25, 0.3) is 12.1 Å². The summed E-state index contributed by atoms with van der Waals surface area (Å²) in [5.41, 5.74) is 1.43. The normalized spacial score (nSPS) is 27.3. The molecule has 0 bridgehead atoms. The second-order valence-electron chi connectivity index (χ2n) is 9.71. The van der Waals surface area contributed by atoms with Gasteiger partial charge in [-0.25, -0.2) is 0 Å². The van der Waals surface area contributed by atoms with Gasteiger partial charge in [-0.15, -0.1) is 0 Å². The highest BCUT2D eigenvalue weighted by Gasteiger charge is 2.32. The van der Waals surface area contributed by atoms with Gasteiger partial charge in [-0.2, -0.15) is 0 Å². The molecule has 1 aliphatic heterocycles. The zero-order valence-corrected chi connectivity index (χ0v) is 15.7. The highest BCUT2D eigenvalue weighted by molar-refractivity contribution is 6.56. The van der Waals surface area contributed by atoms with Gasteiger partial charge in [-0.3, -0.25) is 0 Å². The minimum Gasteiger partial charge on any atom is -0.462 e. The third-order valence-corrected chi connectivity index (χ3v) is 5.06. The van der Waals surface area contributed by atoms with E-state index in [1.54, 1.807) is 0 Å². The maximum Gasteiger partial charge on any atom is 0.160 e. The van der Waals surface area contributed by atoms with Crippen LogP contribution in [0.5, 0.6) is 0 Å². The standard InChI is InChI=1S/C20H32BNO/c1-19(2,3)18-11-14-10-15(21-12-17(14)23-18)7-13-8-16(9-13)22-20(4,5)6/h10-13,15-16,21-22H,7-9H2,1-6H3/t13-,15?,16+. The molecule has 2 heterocycles. The lowest BCUT2D eigenvalue weighted by atomic mass is 9.57. The first-order valence-electron chi connectivity index (χ1n) is 9.20. The first kappa shape index (κ1) is 16.9. The molecule has 23 heavy (non-hydrogen) atoms. The van der Waals surface area contributed by atoms with Crippen molar-refractivity contribution in [2.45, 2.75) is 83.6 Å². The molecule has 0 radical (unpaired) electrons. The Labute approximate surface area is 141 Å². The molecule has 0 saturated heterocycles. The Bertz CT molecular complexity index is 668.